The maximum atomic E-state index is 9.16. The van der Waals surface area contributed by atoms with Gasteiger partial charge in [-0.3, -0.25) is 0 Å². The van der Waals surface area contributed by atoms with Crippen LogP contribution in [-0.2, 0) is 0 Å². The average molecular weight is 274 g/mol. The van der Waals surface area contributed by atoms with Crippen molar-refractivity contribution in [1.82, 2.24) is 0 Å². The Labute approximate surface area is 116 Å². The summed E-state index contributed by atoms with van der Waals surface area (Å²) in [6, 6.07) is 15.1. The zero-order chi connectivity index (χ0) is 13.2. The van der Waals surface area contributed by atoms with E-state index in [1.54, 1.807) is 0 Å². The number of rotatable bonds is 1. The van der Waals surface area contributed by atoms with Crippen molar-refractivity contribution >= 4 is 17.3 Å². The molecule has 3 nitrogen and oxygen atoms in total. The predicted octanol–water partition coefficient (Wildman–Crippen LogP) is 4.04. The van der Waals surface area contributed by atoms with Gasteiger partial charge >= 0.3 is 0 Å². The Kier molecular flexibility index (Phi) is 3.13. The Morgan fingerprint density at radius 3 is 2.58 bits per heavy atom. The van der Waals surface area contributed by atoms with Gasteiger partial charge in [0.1, 0.15) is 11.9 Å². The summed E-state index contributed by atoms with van der Waals surface area (Å²) in [4.78, 5) is 0. The predicted molar refractivity (Wildman–Crippen MR) is 74.2 cm³/mol. The van der Waals surface area contributed by atoms with Crippen molar-refractivity contribution < 1.29 is 9.94 Å². The van der Waals surface area contributed by atoms with Gasteiger partial charge in [-0.2, -0.15) is 0 Å². The quantitative estimate of drug-likeness (QED) is 0.629. The highest BCUT2D eigenvalue weighted by Crippen LogP contribution is 2.35. The third-order valence-electron chi connectivity index (χ3n) is 3.21. The van der Waals surface area contributed by atoms with Crippen molar-refractivity contribution in [1.29, 1.82) is 0 Å². The molecule has 0 aliphatic carbocycles. The van der Waals surface area contributed by atoms with E-state index in [9.17, 15) is 0 Å². The molecule has 1 heterocycles. The SMILES string of the molecule is ON=C1C[C@@H](c2ccc(Cl)cc2)Oc2ccccc21. The molecule has 0 bridgehead atoms. The van der Waals surface area contributed by atoms with Crippen LogP contribution < -0.4 is 4.74 Å². The largest absolute Gasteiger partial charge is 0.485 e. The summed E-state index contributed by atoms with van der Waals surface area (Å²) in [5.74, 6) is 0.738. The second-order valence-corrected chi connectivity index (χ2v) is 4.84. The lowest BCUT2D eigenvalue weighted by Crippen LogP contribution is -2.20. The van der Waals surface area contributed by atoms with Crippen LogP contribution in [0.25, 0.3) is 0 Å². The van der Waals surface area contributed by atoms with Gasteiger partial charge < -0.3 is 9.94 Å². The summed E-state index contributed by atoms with van der Waals surface area (Å²) in [6.45, 7) is 0. The van der Waals surface area contributed by atoms with Crippen LogP contribution in [0.15, 0.2) is 53.7 Å². The minimum atomic E-state index is -0.155. The molecule has 1 aliphatic rings. The van der Waals surface area contributed by atoms with Crippen LogP contribution in [0.4, 0.5) is 0 Å². The van der Waals surface area contributed by atoms with Crippen molar-refractivity contribution in [2.45, 2.75) is 12.5 Å². The van der Waals surface area contributed by atoms with Gasteiger partial charge in [0.2, 0.25) is 0 Å². The standard InChI is InChI=1S/C15H12ClNO2/c16-11-7-5-10(6-8-11)15-9-13(17-18)12-3-1-2-4-14(12)19-15/h1-8,15,18H,9H2/t15-/m0/s1. The molecule has 0 saturated carbocycles. The number of oxime groups is 1. The van der Waals surface area contributed by atoms with Crippen LogP contribution in [0.5, 0.6) is 5.75 Å². The van der Waals surface area contributed by atoms with Gasteiger partial charge in [-0.05, 0) is 29.8 Å². The van der Waals surface area contributed by atoms with Crippen LogP contribution in [0.2, 0.25) is 5.02 Å². The molecule has 4 heteroatoms. The summed E-state index contributed by atoms with van der Waals surface area (Å²) >= 11 is 5.88. The van der Waals surface area contributed by atoms with E-state index in [-0.39, 0.29) is 6.10 Å². The van der Waals surface area contributed by atoms with Gasteiger partial charge in [-0.25, -0.2) is 0 Å². The first-order chi connectivity index (χ1) is 9.28. The van der Waals surface area contributed by atoms with E-state index in [0.29, 0.717) is 17.2 Å². The fourth-order valence-corrected chi connectivity index (χ4v) is 2.37. The molecule has 0 spiro atoms. The van der Waals surface area contributed by atoms with Gasteiger partial charge in [0.25, 0.3) is 0 Å². The number of fused-ring (bicyclic) bond motifs is 1. The van der Waals surface area contributed by atoms with Crippen LogP contribution in [-0.4, -0.2) is 10.9 Å². The molecule has 0 aromatic heterocycles. The Morgan fingerprint density at radius 2 is 1.84 bits per heavy atom. The lowest BCUT2D eigenvalue weighted by atomic mass is 9.96. The van der Waals surface area contributed by atoms with E-state index in [1.165, 1.54) is 0 Å². The van der Waals surface area contributed by atoms with Crippen molar-refractivity contribution in [3.63, 3.8) is 0 Å². The van der Waals surface area contributed by atoms with Crippen molar-refractivity contribution in [3.8, 4) is 5.75 Å². The highest BCUT2D eigenvalue weighted by Gasteiger charge is 2.26. The summed E-state index contributed by atoms with van der Waals surface area (Å²) in [5.41, 5.74) is 2.50. The average Bonchev–Trinajstić information content (AvgIpc) is 2.47. The minimum Gasteiger partial charge on any atom is -0.485 e. The fourth-order valence-electron chi connectivity index (χ4n) is 2.25. The van der Waals surface area contributed by atoms with E-state index in [4.69, 9.17) is 21.5 Å². The van der Waals surface area contributed by atoms with E-state index in [2.05, 4.69) is 5.16 Å². The Morgan fingerprint density at radius 1 is 1.11 bits per heavy atom. The third-order valence-corrected chi connectivity index (χ3v) is 3.46. The maximum absolute atomic E-state index is 9.16. The molecular formula is C15H12ClNO2. The molecular weight excluding hydrogens is 262 g/mol. The fraction of sp³-hybridized carbons (Fsp3) is 0.133. The first-order valence-electron chi connectivity index (χ1n) is 6.00. The van der Waals surface area contributed by atoms with Crippen LogP contribution in [0, 0.1) is 0 Å². The van der Waals surface area contributed by atoms with Gasteiger partial charge in [0.05, 0.1) is 5.71 Å². The molecule has 2 aromatic carbocycles. The first-order valence-corrected chi connectivity index (χ1v) is 6.38. The van der Waals surface area contributed by atoms with E-state index < -0.39 is 0 Å². The lowest BCUT2D eigenvalue weighted by Gasteiger charge is -2.26. The molecule has 0 fully saturated rings. The zero-order valence-electron chi connectivity index (χ0n) is 10.1. The lowest BCUT2D eigenvalue weighted by molar-refractivity contribution is 0.203. The molecule has 0 amide bonds. The Balaban J connectivity index is 1.98. The highest BCUT2D eigenvalue weighted by molar-refractivity contribution is 6.30. The number of hydrogen-bond acceptors (Lipinski definition) is 3. The van der Waals surface area contributed by atoms with Gasteiger partial charge in [-0.15, -0.1) is 0 Å². The summed E-state index contributed by atoms with van der Waals surface area (Å²) < 4.78 is 5.95. The maximum Gasteiger partial charge on any atom is 0.129 e. The number of para-hydroxylation sites is 1. The normalized spacial score (nSPS) is 19.8. The molecule has 0 unspecified atom stereocenters. The molecule has 0 saturated heterocycles. The number of benzene rings is 2. The molecule has 2 aromatic rings. The molecule has 3 rings (SSSR count). The number of hydrogen-bond donors (Lipinski definition) is 1. The highest BCUT2D eigenvalue weighted by atomic mass is 35.5. The van der Waals surface area contributed by atoms with Crippen molar-refractivity contribution in [3.05, 3.63) is 64.7 Å². The van der Waals surface area contributed by atoms with Gasteiger partial charge in [0.15, 0.2) is 0 Å². The van der Waals surface area contributed by atoms with Crippen LogP contribution in [0.3, 0.4) is 0 Å². The molecule has 0 radical (unpaired) electrons. The summed E-state index contributed by atoms with van der Waals surface area (Å²) in [6.07, 6.45) is 0.382. The summed E-state index contributed by atoms with van der Waals surface area (Å²) in [7, 11) is 0. The topological polar surface area (TPSA) is 41.8 Å². The van der Waals surface area contributed by atoms with Crippen LogP contribution in [0.1, 0.15) is 23.7 Å². The minimum absolute atomic E-state index is 0.155. The second-order valence-electron chi connectivity index (χ2n) is 4.41. The van der Waals surface area contributed by atoms with Gasteiger partial charge in [-0.1, -0.05) is 41.0 Å². The number of halogens is 1. The van der Waals surface area contributed by atoms with E-state index >= 15 is 0 Å². The molecule has 96 valence electrons. The smallest absolute Gasteiger partial charge is 0.129 e. The zero-order valence-corrected chi connectivity index (χ0v) is 10.8. The first kappa shape index (κ1) is 12.1. The Hall–Kier alpha value is -2.00. The number of nitrogens with zero attached hydrogens (tertiary/aromatic N) is 1. The van der Waals surface area contributed by atoms with Crippen LogP contribution >= 0.6 is 11.6 Å². The molecule has 1 N–H and O–H groups in total. The molecule has 19 heavy (non-hydrogen) atoms. The van der Waals surface area contributed by atoms with E-state index in [0.717, 1.165) is 16.9 Å². The molecule has 1 atom stereocenters. The molecule has 1 aliphatic heterocycles. The van der Waals surface area contributed by atoms with Crippen molar-refractivity contribution in [2.75, 3.05) is 0 Å². The monoisotopic (exact) mass is 273 g/mol. The Bertz CT molecular complexity index is 622. The van der Waals surface area contributed by atoms with Gasteiger partial charge in [0, 0.05) is 17.0 Å². The summed E-state index contributed by atoms with van der Waals surface area (Å²) in [5, 5.41) is 13.2. The number of ether oxygens (including phenoxy) is 1. The van der Waals surface area contributed by atoms with Crippen molar-refractivity contribution in [2.24, 2.45) is 5.16 Å². The third kappa shape index (κ3) is 2.29. The second kappa shape index (κ2) is 4.94. The van der Waals surface area contributed by atoms with E-state index in [1.807, 2.05) is 48.5 Å².